The summed E-state index contributed by atoms with van der Waals surface area (Å²) >= 11 is 7.33. The number of rotatable bonds is 3. The Balaban J connectivity index is 1.59. The normalized spacial score (nSPS) is 14.3. The lowest BCUT2D eigenvalue weighted by atomic mass is 10.2. The molecule has 1 aliphatic rings. The average Bonchev–Trinajstić information content (AvgIpc) is 3.16. The predicted molar refractivity (Wildman–Crippen MR) is 94.8 cm³/mol. The van der Waals surface area contributed by atoms with E-state index >= 15 is 0 Å². The Morgan fingerprint density at radius 3 is 2.80 bits per heavy atom. The van der Waals surface area contributed by atoms with Gasteiger partial charge in [0.15, 0.2) is 0 Å². The van der Waals surface area contributed by atoms with Crippen LogP contribution in [-0.2, 0) is 9.59 Å². The van der Waals surface area contributed by atoms with Gasteiger partial charge in [-0.1, -0.05) is 23.7 Å². The summed E-state index contributed by atoms with van der Waals surface area (Å²) in [5.74, 6) is -0.442. The van der Waals surface area contributed by atoms with Gasteiger partial charge >= 0.3 is 0 Å². The van der Waals surface area contributed by atoms with E-state index in [1.807, 2.05) is 17.5 Å². The van der Waals surface area contributed by atoms with Crippen LogP contribution >= 0.6 is 22.9 Å². The zero-order valence-corrected chi connectivity index (χ0v) is 14.3. The van der Waals surface area contributed by atoms with Gasteiger partial charge in [0, 0.05) is 28.8 Å². The fraction of sp³-hybridized carbons (Fsp3) is 0.133. The summed E-state index contributed by atoms with van der Waals surface area (Å²) in [5, 5.41) is 13.3. The first-order valence-electron chi connectivity index (χ1n) is 7.37. The lowest BCUT2D eigenvalue weighted by Crippen LogP contribution is -2.33. The fourth-order valence-corrected chi connectivity index (χ4v) is 3.32. The van der Waals surface area contributed by atoms with Crippen LogP contribution in [-0.4, -0.2) is 32.1 Å². The second-order valence-corrected chi connectivity index (χ2v) is 6.58. The smallest absolute Gasteiger partial charge is 0.274 e. The molecule has 8 nitrogen and oxygen atoms in total. The second kappa shape index (κ2) is 6.26. The molecule has 0 spiro atoms. The fourth-order valence-electron chi connectivity index (χ4n) is 2.36. The molecular weight excluding hydrogens is 364 g/mol. The highest BCUT2D eigenvalue weighted by molar-refractivity contribution is 7.15. The number of fused-ring (bicyclic) bond motifs is 1. The number of carbonyl (C=O) groups is 2. The first kappa shape index (κ1) is 15.7. The zero-order valence-electron chi connectivity index (χ0n) is 12.7. The molecule has 10 heteroatoms. The number of hydrogen-bond acceptors (Lipinski definition) is 6. The van der Waals surface area contributed by atoms with Crippen LogP contribution in [0, 0.1) is 0 Å². The molecule has 0 radical (unpaired) electrons. The number of carbonyl (C=O) groups excluding carboxylic acids is 2. The van der Waals surface area contributed by atoms with Crippen molar-refractivity contribution in [2.75, 3.05) is 5.32 Å². The second-order valence-electron chi connectivity index (χ2n) is 5.31. The van der Waals surface area contributed by atoms with E-state index in [9.17, 15) is 9.59 Å². The lowest BCUT2D eigenvalue weighted by molar-refractivity contribution is -0.121. The van der Waals surface area contributed by atoms with E-state index in [0.717, 1.165) is 11.3 Å². The van der Waals surface area contributed by atoms with Gasteiger partial charge < -0.3 is 0 Å². The molecule has 1 aromatic carbocycles. The van der Waals surface area contributed by atoms with Crippen molar-refractivity contribution in [2.24, 2.45) is 5.10 Å². The van der Waals surface area contributed by atoms with Crippen LogP contribution in [0.1, 0.15) is 12.8 Å². The third-order valence-corrected chi connectivity index (χ3v) is 4.68. The maximum absolute atomic E-state index is 12.2. The van der Waals surface area contributed by atoms with Gasteiger partial charge in [-0.3, -0.25) is 14.9 Å². The number of hydrogen-bond donors (Lipinski definition) is 2. The van der Waals surface area contributed by atoms with E-state index in [-0.39, 0.29) is 30.4 Å². The zero-order chi connectivity index (χ0) is 17.4. The van der Waals surface area contributed by atoms with E-state index in [1.165, 1.54) is 11.3 Å². The highest BCUT2D eigenvalue weighted by Gasteiger charge is 2.20. The molecule has 3 heterocycles. The van der Waals surface area contributed by atoms with Crippen molar-refractivity contribution in [2.45, 2.75) is 12.8 Å². The third kappa shape index (κ3) is 3.11. The summed E-state index contributed by atoms with van der Waals surface area (Å²) in [7, 11) is 0. The van der Waals surface area contributed by atoms with E-state index in [1.54, 1.807) is 16.6 Å². The van der Waals surface area contributed by atoms with E-state index in [4.69, 9.17) is 11.6 Å². The number of anilines is 1. The Kier molecular flexibility index (Phi) is 3.94. The molecule has 25 heavy (non-hydrogen) atoms. The Bertz CT molecular complexity index is 1010. The number of thiazole rings is 1. The highest BCUT2D eigenvalue weighted by Crippen LogP contribution is 2.26. The van der Waals surface area contributed by atoms with Gasteiger partial charge in [0.05, 0.1) is 5.69 Å². The molecule has 0 unspecified atom stereocenters. The van der Waals surface area contributed by atoms with E-state index < -0.39 is 5.91 Å². The first-order chi connectivity index (χ1) is 12.1. The molecule has 0 saturated heterocycles. The van der Waals surface area contributed by atoms with Gasteiger partial charge in [0.25, 0.3) is 11.9 Å². The maximum Gasteiger partial charge on any atom is 0.274 e. The van der Waals surface area contributed by atoms with Crippen molar-refractivity contribution in [1.29, 1.82) is 0 Å². The summed E-state index contributed by atoms with van der Waals surface area (Å²) in [6.45, 7) is 0. The van der Waals surface area contributed by atoms with Crippen LogP contribution in [0.3, 0.4) is 0 Å². The number of aromatic nitrogens is 3. The molecule has 0 aliphatic carbocycles. The molecule has 2 N–H and O–H groups in total. The Hall–Kier alpha value is -2.78. The molecule has 126 valence electrons. The van der Waals surface area contributed by atoms with E-state index in [0.29, 0.717) is 9.98 Å². The molecular formula is C15H11ClN6O2S. The molecule has 0 fully saturated rings. The van der Waals surface area contributed by atoms with E-state index in [2.05, 4.69) is 25.9 Å². The summed E-state index contributed by atoms with van der Waals surface area (Å²) in [6, 6.07) is 7.39. The van der Waals surface area contributed by atoms with Gasteiger partial charge in [-0.2, -0.15) is 10.1 Å². The summed E-state index contributed by atoms with van der Waals surface area (Å²) < 4.78 is 1.66. The van der Waals surface area contributed by atoms with Crippen molar-refractivity contribution in [3.8, 4) is 11.3 Å². The van der Waals surface area contributed by atoms with Crippen molar-refractivity contribution in [3.63, 3.8) is 0 Å². The molecule has 0 saturated carbocycles. The third-order valence-electron chi connectivity index (χ3n) is 3.61. The minimum absolute atomic E-state index is 0.187. The lowest BCUT2D eigenvalue weighted by Gasteiger charge is -2.10. The first-order valence-corrected chi connectivity index (χ1v) is 8.63. The number of benzene rings is 1. The van der Waals surface area contributed by atoms with Gasteiger partial charge in [-0.05, 0) is 12.1 Å². The van der Waals surface area contributed by atoms with Crippen LogP contribution in [0.25, 0.3) is 16.2 Å². The SMILES string of the molecule is O=C1CCC(C(=O)Nc2nc3scc(-c4ccc(Cl)cc4)n3n2)=NN1. The molecule has 3 aromatic rings. The van der Waals surface area contributed by atoms with Gasteiger partial charge in [0.2, 0.25) is 10.9 Å². The highest BCUT2D eigenvalue weighted by atomic mass is 35.5. The van der Waals surface area contributed by atoms with Crippen molar-refractivity contribution in [1.82, 2.24) is 20.0 Å². The average molecular weight is 375 g/mol. The minimum Gasteiger partial charge on any atom is -0.288 e. The predicted octanol–water partition coefficient (Wildman–Crippen LogP) is 2.32. The number of nitrogens with one attached hydrogen (secondary N) is 2. The molecule has 4 rings (SSSR count). The molecule has 2 amide bonds. The molecule has 2 aromatic heterocycles. The molecule has 1 aliphatic heterocycles. The van der Waals surface area contributed by atoms with Crippen LogP contribution in [0.5, 0.6) is 0 Å². The van der Waals surface area contributed by atoms with Crippen LogP contribution in [0.2, 0.25) is 5.02 Å². The van der Waals surface area contributed by atoms with Crippen LogP contribution < -0.4 is 10.7 Å². The van der Waals surface area contributed by atoms with Gasteiger partial charge in [0.1, 0.15) is 5.71 Å². The van der Waals surface area contributed by atoms with Gasteiger partial charge in [-0.25, -0.2) is 9.94 Å². The largest absolute Gasteiger partial charge is 0.288 e. The Morgan fingerprint density at radius 2 is 2.08 bits per heavy atom. The van der Waals surface area contributed by atoms with Crippen molar-refractivity contribution in [3.05, 3.63) is 34.7 Å². The molecule has 0 atom stereocenters. The van der Waals surface area contributed by atoms with Crippen molar-refractivity contribution >= 4 is 51.4 Å². The van der Waals surface area contributed by atoms with Crippen molar-refractivity contribution < 1.29 is 9.59 Å². The quantitative estimate of drug-likeness (QED) is 0.734. The summed E-state index contributed by atoms with van der Waals surface area (Å²) in [4.78, 5) is 28.2. The number of nitrogens with zero attached hydrogens (tertiary/aromatic N) is 4. The van der Waals surface area contributed by atoms with Crippen LogP contribution in [0.15, 0.2) is 34.7 Å². The topological polar surface area (TPSA) is 101 Å². The summed E-state index contributed by atoms with van der Waals surface area (Å²) in [6.07, 6.45) is 0.522. The minimum atomic E-state index is -0.425. The number of halogens is 1. The van der Waals surface area contributed by atoms with Gasteiger partial charge in [-0.15, -0.1) is 16.4 Å². The monoisotopic (exact) mass is 374 g/mol. The molecule has 0 bridgehead atoms. The standard InChI is InChI=1S/C15H11ClN6O2S/c16-9-3-1-8(2-4-9)11-7-25-15-18-14(21-22(11)15)17-13(24)10-5-6-12(23)20-19-10/h1-4,7H,5-6H2,(H,20,23)(H,17,21,24). The number of amides is 2. The maximum atomic E-state index is 12.2. The number of hydrazone groups is 1. The summed E-state index contributed by atoms with van der Waals surface area (Å²) in [5.41, 5.74) is 4.33. The Labute approximate surface area is 150 Å². The van der Waals surface area contributed by atoms with Crippen LogP contribution in [0.4, 0.5) is 5.95 Å². The Morgan fingerprint density at radius 1 is 1.28 bits per heavy atom.